The fourth-order valence-corrected chi connectivity index (χ4v) is 2.43. The van der Waals surface area contributed by atoms with Gasteiger partial charge in [-0.15, -0.1) is 24.0 Å². The van der Waals surface area contributed by atoms with Crippen molar-refractivity contribution in [2.24, 2.45) is 4.99 Å². The molecule has 2 unspecified atom stereocenters. The molecule has 1 heterocycles. The van der Waals surface area contributed by atoms with E-state index in [1.807, 2.05) is 18.2 Å². The van der Waals surface area contributed by atoms with Gasteiger partial charge in [-0.1, -0.05) is 18.2 Å². The number of halogens is 1. The van der Waals surface area contributed by atoms with Crippen LogP contribution >= 0.6 is 24.0 Å². The largest absolute Gasteiger partial charge is 0.493 e. The number of hydrogen-bond acceptors (Lipinski definition) is 3. The molecule has 1 aliphatic heterocycles. The van der Waals surface area contributed by atoms with Gasteiger partial charge < -0.3 is 20.3 Å². The molecule has 23 heavy (non-hydrogen) atoms. The van der Waals surface area contributed by atoms with Crippen LogP contribution in [0.4, 0.5) is 0 Å². The number of benzene rings is 1. The van der Waals surface area contributed by atoms with Gasteiger partial charge in [0.25, 0.3) is 0 Å². The summed E-state index contributed by atoms with van der Waals surface area (Å²) in [7, 11) is 5.16. The smallest absolute Gasteiger partial charge is 0.241 e. The Balaban J connectivity index is 0.00000264. The summed E-state index contributed by atoms with van der Waals surface area (Å²) in [4.78, 5) is 17.3. The minimum atomic E-state index is 0. The predicted octanol–water partition coefficient (Wildman–Crippen LogP) is 1.42. The first-order valence-corrected chi connectivity index (χ1v) is 7.42. The number of amides is 1. The van der Waals surface area contributed by atoms with Crippen molar-refractivity contribution in [1.29, 1.82) is 0 Å². The number of rotatable bonds is 4. The number of guanidine groups is 1. The first kappa shape index (κ1) is 19.5. The van der Waals surface area contributed by atoms with Crippen molar-refractivity contribution in [1.82, 2.24) is 15.5 Å². The highest BCUT2D eigenvalue weighted by molar-refractivity contribution is 14.0. The van der Waals surface area contributed by atoms with Crippen LogP contribution in [0.5, 0.6) is 5.75 Å². The molecule has 0 spiro atoms. The van der Waals surface area contributed by atoms with Gasteiger partial charge in [-0.05, 0) is 13.0 Å². The lowest BCUT2D eigenvalue weighted by molar-refractivity contribution is -0.127. The normalized spacial score (nSPS) is 17.4. The maximum Gasteiger partial charge on any atom is 0.241 e. The number of carbonyl (C=O) groups is 1. The molecule has 2 atom stereocenters. The van der Waals surface area contributed by atoms with E-state index >= 15 is 0 Å². The van der Waals surface area contributed by atoms with Crippen LogP contribution in [0, 0.1) is 0 Å². The molecule has 0 radical (unpaired) electrons. The number of aliphatic imine (C=N–C) groups is 1. The van der Waals surface area contributed by atoms with Gasteiger partial charge in [0, 0.05) is 38.7 Å². The van der Waals surface area contributed by atoms with Gasteiger partial charge in [0.1, 0.15) is 5.75 Å². The van der Waals surface area contributed by atoms with Crippen LogP contribution in [-0.4, -0.2) is 57.1 Å². The summed E-state index contributed by atoms with van der Waals surface area (Å²) >= 11 is 0. The van der Waals surface area contributed by atoms with Gasteiger partial charge in [-0.3, -0.25) is 9.79 Å². The Labute approximate surface area is 154 Å². The molecule has 0 aromatic heterocycles. The van der Waals surface area contributed by atoms with Crippen molar-refractivity contribution in [3.05, 3.63) is 29.8 Å². The first-order chi connectivity index (χ1) is 10.5. The topological polar surface area (TPSA) is 66.0 Å². The van der Waals surface area contributed by atoms with E-state index < -0.39 is 0 Å². The van der Waals surface area contributed by atoms with E-state index in [0.717, 1.165) is 5.75 Å². The zero-order valence-electron chi connectivity index (χ0n) is 14.0. The highest BCUT2D eigenvalue weighted by Gasteiger charge is 2.29. The molecule has 2 rings (SSSR count). The van der Waals surface area contributed by atoms with Gasteiger partial charge >= 0.3 is 0 Å². The van der Waals surface area contributed by atoms with Gasteiger partial charge in [-0.2, -0.15) is 0 Å². The summed E-state index contributed by atoms with van der Waals surface area (Å²) in [5, 5.41) is 6.37. The second-order valence-corrected chi connectivity index (χ2v) is 5.60. The second kappa shape index (κ2) is 8.95. The number of carbonyl (C=O) groups excluding carboxylic acids is 1. The van der Waals surface area contributed by atoms with E-state index in [4.69, 9.17) is 4.74 Å². The van der Waals surface area contributed by atoms with Crippen molar-refractivity contribution >= 4 is 35.8 Å². The van der Waals surface area contributed by atoms with Crippen LogP contribution < -0.4 is 15.4 Å². The van der Waals surface area contributed by atoms with Crippen LogP contribution in [0.3, 0.4) is 0 Å². The third-order valence-corrected chi connectivity index (χ3v) is 3.83. The minimum absolute atomic E-state index is 0. The highest BCUT2D eigenvalue weighted by atomic mass is 127. The Morgan fingerprint density at radius 1 is 1.43 bits per heavy atom. The Morgan fingerprint density at radius 2 is 2.13 bits per heavy atom. The van der Waals surface area contributed by atoms with E-state index in [0.29, 0.717) is 12.6 Å². The number of nitrogens with one attached hydrogen (secondary N) is 2. The Bertz CT molecular complexity index is 563. The molecule has 128 valence electrons. The number of nitrogens with zero attached hydrogens (tertiary/aromatic N) is 2. The van der Waals surface area contributed by atoms with E-state index in [9.17, 15) is 4.79 Å². The molecule has 0 aliphatic carbocycles. The molecule has 0 bridgehead atoms. The summed E-state index contributed by atoms with van der Waals surface area (Å²) < 4.78 is 5.72. The molecule has 0 saturated heterocycles. The number of fused-ring (bicyclic) bond motifs is 1. The summed E-state index contributed by atoms with van der Waals surface area (Å²) in [5.41, 5.74) is 1.21. The zero-order chi connectivity index (χ0) is 16.1. The number of ether oxygens (including phenoxy) is 1. The van der Waals surface area contributed by atoms with Crippen molar-refractivity contribution in [3.63, 3.8) is 0 Å². The highest BCUT2D eigenvalue weighted by Crippen LogP contribution is 2.35. The first-order valence-electron chi connectivity index (χ1n) is 7.42. The molecule has 1 aromatic rings. The van der Waals surface area contributed by atoms with Gasteiger partial charge in [0.15, 0.2) is 5.96 Å². The van der Waals surface area contributed by atoms with Gasteiger partial charge in [-0.25, -0.2) is 0 Å². The lowest BCUT2D eigenvalue weighted by atomic mass is 9.94. The Morgan fingerprint density at radius 3 is 2.78 bits per heavy atom. The predicted molar refractivity (Wildman–Crippen MR) is 103 cm³/mol. The van der Waals surface area contributed by atoms with E-state index in [2.05, 4.69) is 28.6 Å². The summed E-state index contributed by atoms with van der Waals surface area (Å²) in [6.45, 7) is 2.97. The van der Waals surface area contributed by atoms with Gasteiger partial charge in [0.05, 0.1) is 13.2 Å². The molecule has 7 heteroatoms. The molecule has 6 nitrogen and oxygen atoms in total. The standard InChI is InChI=1S/C16H24N4O2.HI/c1-11(13-10-22-14-8-6-5-7-12(13)14)19-16(17-2)18-9-15(21)20(3)4;/h5-8,11,13H,9-10H2,1-4H3,(H2,17,18,19);1H. The molecule has 1 amide bonds. The maximum absolute atomic E-state index is 11.6. The van der Waals surface area contributed by atoms with Crippen molar-refractivity contribution in [2.45, 2.75) is 18.9 Å². The minimum Gasteiger partial charge on any atom is -0.493 e. The van der Waals surface area contributed by atoms with E-state index in [1.54, 1.807) is 26.0 Å². The third-order valence-electron chi connectivity index (χ3n) is 3.83. The Kier molecular flexibility index (Phi) is 7.60. The SMILES string of the molecule is CN=C(NCC(=O)N(C)C)NC(C)C1COc2ccccc21.I. The molecule has 1 aromatic carbocycles. The lowest BCUT2D eigenvalue weighted by Gasteiger charge is -2.22. The van der Waals surface area contributed by atoms with Crippen LogP contribution in [0.1, 0.15) is 18.4 Å². The van der Waals surface area contributed by atoms with Crippen LogP contribution in [0.15, 0.2) is 29.3 Å². The summed E-state index contributed by atoms with van der Waals surface area (Å²) in [6, 6.07) is 8.23. The number of hydrogen-bond donors (Lipinski definition) is 2. The molecule has 1 aliphatic rings. The van der Waals surface area contributed by atoms with Crippen molar-refractivity contribution in [3.8, 4) is 5.75 Å². The lowest BCUT2D eigenvalue weighted by Crippen LogP contribution is -2.47. The number of para-hydroxylation sites is 1. The summed E-state index contributed by atoms with van der Waals surface area (Å²) in [5.74, 6) is 1.84. The molecule has 0 saturated carbocycles. The third kappa shape index (κ3) is 4.98. The van der Waals surface area contributed by atoms with Crippen LogP contribution in [0.25, 0.3) is 0 Å². The quantitative estimate of drug-likeness (QED) is 0.429. The molecular weight excluding hydrogens is 407 g/mol. The van der Waals surface area contributed by atoms with Crippen LogP contribution in [0.2, 0.25) is 0 Å². The zero-order valence-corrected chi connectivity index (χ0v) is 16.3. The monoisotopic (exact) mass is 432 g/mol. The molecule has 0 fully saturated rings. The van der Waals surface area contributed by atoms with Crippen LogP contribution in [-0.2, 0) is 4.79 Å². The molecular formula is C16H25IN4O2. The van der Waals surface area contributed by atoms with E-state index in [1.165, 1.54) is 5.56 Å². The average molecular weight is 432 g/mol. The number of likely N-dealkylation sites (N-methyl/N-ethyl adjacent to an activating group) is 1. The second-order valence-electron chi connectivity index (χ2n) is 5.60. The fourth-order valence-electron chi connectivity index (χ4n) is 2.43. The maximum atomic E-state index is 11.6. The molecule has 2 N–H and O–H groups in total. The van der Waals surface area contributed by atoms with Crippen molar-refractivity contribution in [2.75, 3.05) is 34.3 Å². The van der Waals surface area contributed by atoms with E-state index in [-0.39, 0.29) is 48.4 Å². The van der Waals surface area contributed by atoms with Gasteiger partial charge in [0.2, 0.25) is 5.91 Å². The average Bonchev–Trinajstić information content (AvgIpc) is 2.94. The van der Waals surface area contributed by atoms with Crippen molar-refractivity contribution < 1.29 is 9.53 Å². The summed E-state index contributed by atoms with van der Waals surface area (Å²) in [6.07, 6.45) is 0. The Hall–Kier alpha value is -1.51. The fraction of sp³-hybridized carbons (Fsp3) is 0.500.